The summed E-state index contributed by atoms with van der Waals surface area (Å²) < 4.78 is 48.9. The van der Waals surface area contributed by atoms with E-state index in [1.807, 2.05) is 12.1 Å². The van der Waals surface area contributed by atoms with Crippen LogP contribution in [-0.4, -0.2) is 13.7 Å². The summed E-state index contributed by atoms with van der Waals surface area (Å²) in [6.07, 6.45) is -3.04. The molecule has 7 heteroatoms. The molecule has 2 aromatic carbocycles. The standard InChI is InChI=1S/C19H13F3N2O2/c1-25-18-10-13(5-6-17(18)26-8-7-23)9-15(12-24)14-3-2-4-16(11-14)19(20,21)22/h2-6,9-11H,8H2,1H3/b15-9-. The van der Waals surface area contributed by atoms with Crippen LogP contribution in [-0.2, 0) is 6.18 Å². The Morgan fingerprint density at radius 1 is 1.12 bits per heavy atom. The van der Waals surface area contributed by atoms with Crippen molar-refractivity contribution in [3.8, 4) is 23.6 Å². The lowest BCUT2D eigenvalue weighted by Crippen LogP contribution is -2.04. The van der Waals surface area contributed by atoms with Crippen LogP contribution in [0.15, 0.2) is 42.5 Å². The highest BCUT2D eigenvalue weighted by Crippen LogP contribution is 2.32. The third kappa shape index (κ3) is 4.55. The third-order valence-corrected chi connectivity index (χ3v) is 3.41. The number of hydrogen-bond donors (Lipinski definition) is 0. The number of halogens is 3. The van der Waals surface area contributed by atoms with Crippen molar-refractivity contribution in [1.82, 2.24) is 0 Å². The molecule has 0 N–H and O–H groups in total. The molecule has 2 aromatic rings. The molecule has 0 aromatic heterocycles. The van der Waals surface area contributed by atoms with E-state index in [1.54, 1.807) is 18.2 Å². The summed E-state index contributed by atoms with van der Waals surface area (Å²) in [4.78, 5) is 0. The fourth-order valence-electron chi connectivity index (χ4n) is 2.21. The van der Waals surface area contributed by atoms with Crippen LogP contribution in [0.25, 0.3) is 11.6 Å². The molecule has 2 rings (SSSR count). The van der Waals surface area contributed by atoms with Crippen LogP contribution >= 0.6 is 0 Å². The molecule has 0 aliphatic carbocycles. The Labute approximate surface area is 148 Å². The number of allylic oxidation sites excluding steroid dienone is 1. The highest BCUT2D eigenvalue weighted by molar-refractivity contribution is 5.90. The topological polar surface area (TPSA) is 66.0 Å². The maximum absolute atomic E-state index is 12.9. The fraction of sp³-hybridized carbons (Fsp3) is 0.158. The number of methoxy groups -OCH3 is 1. The maximum atomic E-state index is 12.9. The third-order valence-electron chi connectivity index (χ3n) is 3.41. The minimum Gasteiger partial charge on any atom is -0.493 e. The van der Waals surface area contributed by atoms with E-state index < -0.39 is 11.7 Å². The lowest BCUT2D eigenvalue weighted by Gasteiger charge is -2.10. The van der Waals surface area contributed by atoms with Gasteiger partial charge in [0.05, 0.1) is 24.3 Å². The zero-order valence-electron chi connectivity index (χ0n) is 13.7. The van der Waals surface area contributed by atoms with Crippen molar-refractivity contribution in [2.45, 2.75) is 6.18 Å². The molecular weight excluding hydrogens is 345 g/mol. The first-order valence-electron chi connectivity index (χ1n) is 7.36. The van der Waals surface area contributed by atoms with E-state index >= 15 is 0 Å². The monoisotopic (exact) mass is 358 g/mol. The van der Waals surface area contributed by atoms with Crippen molar-refractivity contribution in [3.05, 3.63) is 59.2 Å². The van der Waals surface area contributed by atoms with Crippen LogP contribution in [0.4, 0.5) is 13.2 Å². The number of alkyl halides is 3. The Kier molecular flexibility index (Phi) is 5.87. The van der Waals surface area contributed by atoms with Gasteiger partial charge in [-0.05, 0) is 41.5 Å². The quantitative estimate of drug-likeness (QED) is 0.575. The number of rotatable bonds is 5. The van der Waals surface area contributed by atoms with E-state index in [1.165, 1.54) is 25.3 Å². The predicted octanol–water partition coefficient (Wildman–Crippen LogP) is 4.68. The van der Waals surface area contributed by atoms with Gasteiger partial charge in [-0.25, -0.2) is 0 Å². The van der Waals surface area contributed by atoms with Gasteiger partial charge in [0.1, 0.15) is 6.07 Å². The van der Waals surface area contributed by atoms with Gasteiger partial charge in [-0.2, -0.15) is 23.7 Å². The molecular formula is C19H13F3N2O2. The van der Waals surface area contributed by atoms with Gasteiger partial charge >= 0.3 is 6.18 Å². The Morgan fingerprint density at radius 2 is 1.88 bits per heavy atom. The van der Waals surface area contributed by atoms with Crippen molar-refractivity contribution in [1.29, 1.82) is 10.5 Å². The highest BCUT2D eigenvalue weighted by atomic mass is 19.4. The van der Waals surface area contributed by atoms with Gasteiger partial charge in [0.25, 0.3) is 0 Å². The summed E-state index contributed by atoms with van der Waals surface area (Å²) in [5, 5.41) is 17.9. The molecule has 0 radical (unpaired) electrons. The Balaban J connectivity index is 2.41. The minimum absolute atomic E-state index is 0.0730. The van der Waals surface area contributed by atoms with Crippen LogP contribution in [0, 0.1) is 22.7 Å². The number of ether oxygens (including phenoxy) is 2. The second kappa shape index (κ2) is 8.09. The van der Waals surface area contributed by atoms with Crippen molar-refractivity contribution in [2.75, 3.05) is 13.7 Å². The number of hydrogen-bond acceptors (Lipinski definition) is 4. The summed E-state index contributed by atoms with van der Waals surface area (Å²) in [6.45, 7) is -0.154. The summed E-state index contributed by atoms with van der Waals surface area (Å²) >= 11 is 0. The smallest absolute Gasteiger partial charge is 0.416 e. The second-order valence-corrected chi connectivity index (χ2v) is 5.11. The number of benzene rings is 2. The SMILES string of the molecule is COc1cc(/C=C(/C#N)c2cccc(C(F)(F)F)c2)ccc1OCC#N. The molecule has 4 nitrogen and oxygen atoms in total. The van der Waals surface area contributed by atoms with Gasteiger partial charge < -0.3 is 9.47 Å². The van der Waals surface area contributed by atoms with Crippen molar-refractivity contribution in [2.24, 2.45) is 0 Å². The molecule has 0 amide bonds. The van der Waals surface area contributed by atoms with Gasteiger partial charge in [-0.15, -0.1) is 0 Å². The van der Waals surface area contributed by atoms with Gasteiger partial charge in [0.2, 0.25) is 0 Å². The minimum atomic E-state index is -4.49. The summed E-state index contributed by atoms with van der Waals surface area (Å²) in [6, 6.07) is 13.0. The molecule has 0 aliphatic rings. The lowest BCUT2D eigenvalue weighted by molar-refractivity contribution is -0.137. The van der Waals surface area contributed by atoms with Gasteiger partial charge in [-0.3, -0.25) is 0 Å². The van der Waals surface area contributed by atoms with Gasteiger partial charge in [0.15, 0.2) is 18.1 Å². The zero-order chi connectivity index (χ0) is 19.2. The van der Waals surface area contributed by atoms with E-state index in [9.17, 15) is 18.4 Å². The van der Waals surface area contributed by atoms with Crippen LogP contribution in [0.3, 0.4) is 0 Å². The average Bonchev–Trinajstić information content (AvgIpc) is 2.64. The molecule has 0 heterocycles. The molecule has 0 atom stereocenters. The van der Waals surface area contributed by atoms with Gasteiger partial charge in [-0.1, -0.05) is 18.2 Å². The molecule has 0 fully saturated rings. The fourth-order valence-corrected chi connectivity index (χ4v) is 2.21. The average molecular weight is 358 g/mol. The van der Waals surface area contributed by atoms with E-state index in [2.05, 4.69) is 0 Å². The second-order valence-electron chi connectivity index (χ2n) is 5.11. The van der Waals surface area contributed by atoms with Crippen LogP contribution in [0.5, 0.6) is 11.5 Å². The Hall–Kier alpha value is -3.45. The zero-order valence-corrected chi connectivity index (χ0v) is 13.7. The first-order chi connectivity index (χ1) is 12.4. The lowest BCUT2D eigenvalue weighted by atomic mass is 10.0. The van der Waals surface area contributed by atoms with Crippen molar-refractivity contribution >= 4 is 11.6 Å². The Morgan fingerprint density at radius 3 is 2.50 bits per heavy atom. The van der Waals surface area contributed by atoms with Crippen molar-refractivity contribution in [3.63, 3.8) is 0 Å². The van der Waals surface area contributed by atoms with Gasteiger partial charge in [0, 0.05) is 0 Å². The molecule has 0 saturated carbocycles. The normalized spacial score (nSPS) is 11.4. The van der Waals surface area contributed by atoms with E-state index in [0.717, 1.165) is 12.1 Å². The van der Waals surface area contributed by atoms with Crippen LogP contribution < -0.4 is 9.47 Å². The van der Waals surface area contributed by atoms with Crippen molar-refractivity contribution < 1.29 is 22.6 Å². The molecule has 0 aliphatic heterocycles. The highest BCUT2D eigenvalue weighted by Gasteiger charge is 2.30. The maximum Gasteiger partial charge on any atom is 0.416 e. The summed E-state index contributed by atoms with van der Waals surface area (Å²) in [5.74, 6) is 0.694. The van der Waals surface area contributed by atoms with Crippen LogP contribution in [0.2, 0.25) is 0 Å². The van der Waals surface area contributed by atoms with E-state index in [-0.39, 0.29) is 17.7 Å². The number of nitrogens with zero attached hydrogens (tertiary/aromatic N) is 2. The summed E-state index contributed by atoms with van der Waals surface area (Å²) in [7, 11) is 1.42. The Bertz CT molecular complexity index is 906. The number of nitriles is 2. The van der Waals surface area contributed by atoms with Crippen LogP contribution in [0.1, 0.15) is 16.7 Å². The summed E-state index contributed by atoms with van der Waals surface area (Å²) in [5.41, 5.74) is -0.0518. The molecule has 26 heavy (non-hydrogen) atoms. The molecule has 0 spiro atoms. The van der Waals surface area contributed by atoms with E-state index in [0.29, 0.717) is 17.1 Å². The first-order valence-corrected chi connectivity index (χ1v) is 7.36. The molecule has 0 saturated heterocycles. The molecule has 0 unspecified atom stereocenters. The van der Waals surface area contributed by atoms with E-state index in [4.69, 9.17) is 14.7 Å². The predicted molar refractivity (Wildman–Crippen MR) is 89.0 cm³/mol. The molecule has 132 valence electrons. The largest absolute Gasteiger partial charge is 0.493 e. The molecule has 0 bridgehead atoms. The first kappa shape index (κ1) is 18.9.